The van der Waals surface area contributed by atoms with E-state index >= 15 is 0 Å². The van der Waals surface area contributed by atoms with Crippen molar-refractivity contribution < 1.29 is 0 Å². The summed E-state index contributed by atoms with van der Waals surface area (Å²) in [7, 11) is 0. The highest BCUT2D eigenvalue weighted by Gasteiger charge is 2.02. The van der Waals surface area contributed by atoms with E-state index in [-0.39, 0.29) is 0 Å². The number of nitrogens with zero attached hydrogens (tertiary/aromatic N) is 1. The number of thiophene rings is 1. The summed E-state index contributed by atoms with van der Waals surface area (Å²) in [5.41, 5.74) is 7.96. The van der Waals surface area contributed by atoms with Crippen LogP contribution in [0.5, 0.6) is 0 Å². The molecule has 0 saturated carbocycles. The SMILES string of the molecule is Cc1ccsc1CNCc1csc(CN)n1. The normalized spacial score (nSPS) is 10.9. The molecule has 3 N–H and O–H groups in total. The number of rotatable bonds is 5. The molecule has 5 heteroatoms. The second-order valence-corrected chi connectivity index (χ2v) is 5.51. The molecule has 16 heavy (non-hydrogen) atoms. The Balaban J connectivity index is 1.82. The Kier molecular flexibility index (Phi) is 4.06. The molecule has 0 bridgehead atoms. The van der Waals surface area contributed by atoms with Crippen LogP contribution >= 0.6 is 22.7 Å². The molecule has 0 aliphatic heterocycles. The predicted octanol–water partition coefficient (Wildman–Crippen LogP) is 2.26. The largest absolute Gasteiger partial charge is 0.325 e. The molecule has 0 fully saturated rings. The number of nitrogens with one attached hydrogen (secondary N) is 1. The molecule has 0 radical (unpaired) electrons. The molecule has 0 unspecified atom stereocenters. The van der Waals surface area contributed by atoms with Crippen molar-refractivity contribution in [2.45, 2.75) is 26.6 Å². The first kappa shape index (κ1) is 11.7. The third-order valence-electron chi connectivity index (χ3n) is 2.33. The molecule has 0 amide bonds. The number of hydrogen-bond acceptors (Lipinski definition) is 5. The first-order chi connectivity index (χ1) is 7.79. The molecule has 0 atom stereocenters. The van der Waals surface area contributed by atoms with Gasteiger partial charge in [0, 0.05) is 29.9 Å². The molecule has 0 aliphatic rings. The minimum absolute atomic E-state index is 0.536. The fourth-order valence-electron chi connectivity index (χ4n) is 1.41. The average molecular weight is 253 g/mol. The quantitative estimate of drug-likeness (QED) is 0.859. The summed E-state index contributed by atoms with van der Waals surface area (Å²) in [5.74, 6) is 0. The molecular formula is C11H15N3S2. The van der Waals surface area contributed by atoms with Gasteiger partial charge in [0.1, 0.15) is 5.01 Å². The van der Waals surface area contributed by atoms with Crippen LogP contribution in [-0.4, -0.2) is 4.98 Å². The van der Waals surface area contributed by atoms with Crippen molar-refractivity contribution >= 4 is 22.7 Å². The number of nitrogens with two attached hydrogens (primary N) is 1. The van der Waals surface area contributed by atoms with Gasteiger partial charge < -0.3 is 11.1 Å². The first-order valence-corrected chi connectivity index (χ1v) is 6.92. The Labute approximate surface area is 103 Å². The van der Waals surface area contributed by atoms with E-state index in [4.69, 9.17) is 5.73 Å². The third kappa shape index (κ3) is 2.89. The Hall–Kier alpha value is -0.750. The van der Waals surface area contributed by atoms with Crippen LogP contribution in [0.1, 0.15) is 21.1 Å². The maximum atomic E-state index is 5.52. The van der Waals surface area contributed by atoms with Crippen LogP contribution in [-0.2, 0) is 19.6 Å². The van der Waals surface area contributed by atoms with Crippen molar-refractivity contribution in [2.24, 2.45) is 5.73 Å². The van der Waals surface area contributed by atoms with Crippen molar-refractivity contribution in [1.29, 1.82) is 0 Å². The summed E-state index contributed by atoms with van der Waals surface area (Å²) in [4.78, 5) is 5.80. The minimum Gasteiger partial charge on any atom is -0.325 e. The third-order valence-corrected chi connectivity index (χ3v) is 4.28. The van der Waals surface area contributed by atoms with Crippen LogP contribution in [0.2, 0.25) is 0 Å². The zero-order valence-electron chi connectivity index (χ0n) is 9.19. The molecule has 0 saturated heterocycles. The van der Waals surface area contributed by atoms with E-state index in [2.05, 4.69) is 34.1 Å². The van der Waals surface area contributed by atoms with Gasteiger partial charge in [-0.25, -0.2) is 4.98 Å². The van der Waals surface area contributed by atoms with Crippen molar-refractivity contribution in [3.8, 4) is 0 Å². The molecule has 2 aromatic rings. The Morgan fingerprint density at radius 3 is 2.88 bits per heavy atom. The second kappa shape index (κ2) is 5.54. The van der Waals surface area contributed by atoms with E-state index in [0.717, 1.165) is 23.8 Å². The molecule has 2 aromatic heterocycles. The molecule has 0 aliphatic carbocycles. The lowest BCUT2D eigenvalue weighted by molar-refractivity contribution is 0.685. The van der Waals surface area contributed by atoms with Crippen molar-refractivity contribution in [2.75, 3.05) is 0 Å². The van der Waals surface area contributed by atoms with Crippen LogP contribution in [0.3, 0.4) is 0 Å². The Bertz CT molecular complexity index is 448. The Morgan fingerprint density at radius 2 is 2.25 bits per heavy atom. The van der Waals surface area contributed by atoms with Gasteiger partial charge in [0.15, 0.2) is 0 Å². The highest BCUT2D eigenvalue weighted by molar-refractivity contribution is 7.10. The monoisotopic (exact) mass is 253 g/mol. The smallest absolute Gasteiger partial charge is 0.106 e. The lowest BCUT2D eigenvalue weighted by Crippen LogP contribution is -2.12. The topological polar surface area (TPSA) is 50.9 Å². The molecule has 0 spiro atoms. The lowest BCUT2D eigenvalue weighted by atomic mass is 10.3. The molecule has 2 heterocycles. The van der Waals surface area contributed by atoms with Crippen LogP contribution < -0.4 is 11.1 Å². The zero-order valence-corrected chi connectivity index (χ0v) is 10.8. The van der Waals surface area contributed by atoms with Crippen molar-refractivity contribution in [1.82, 2.24) is 10.3 Å². The number of aryl methyl sites for hydroxylation is 1. The van der Waals surface area contributed by atoms with E-state index in [1.165, 1.54) is 10.4 Å². The standard InChI is InChI=1S/C11H15N3S2/c1-8-2-3-15-10(8)6-13-5-9-7-16-11(4-12)14-9/h2-3,7,13H,4-6,12H2,1H3. The summed E-state index contributed by atoms with van der Waals surface area (Å²) < 4.78 is 0. The van der Waals surface area contributed by atoms with E-state index in [1.807, 2.05) is 0 Å². The van der Waals surface area contributed by atoms with Crippen LogP contribution in [0.4, 0.5) is 0 Å². The van der Waals surface area contributed by atoms with Gasteiger partial charge in [0.05, 0.1) is 5.69 Å². The number of aromatic nitrogens is 1. The summed E-state index contributed by atoms with van der Waals surface area (Å²) in [6, 6.07) is 2.15. The summed E-state index contributed by atoms with van der Waals surface area (Å²) in [6.45, 7) is 4.41. The summed E-state index contributed by atoms with van der Waals surface area (Å²) >= 11 is 3.42. The molecular weight excluding hydrogens is 238 g/mol. The van der Waals surface area contributed by atoms with Gasteiger partial charge in [-0.05, 0) is 23.9 Å². The first-order valence-electron chi connectivity index (χ1n) is 5.16. The molecule has 2 rings (SSSR count). The van der Waals surface area contributed by atoms with E-state index < -0.39 is 0 Å². The predicted molar refractivity (Wildman–Crippen MR) is 69.6 cm³/mol. The minimum atomic E-state index is 0.536. The van der Waals surface area contributed by atoms with Crippen LogP contribution in [0.15, 0.2) is 16.8 Å². The highest BCUT2D eigenvalue weighted by Crippen LogP contribution is 2.15. The maximum Gasteiger partial charge on any atom is 0.106 e. The van der Waals surface area contributed by atoms with E-state index in [0.29, 0.717) is 6.54 Å². The second-order valence-electron chi connectivity index (χ2n) is 3.57. The number of hydrogen-bond donors (Lipinski definition) is 2. The van der Waals surface area contributed by atoms with Gasteiger partial charge in [0.25, 0.3) is 0 Å². The molecule has 0 aromatic carbocycles. The summed E-state index contributed by atoms with van der Waals surface area (Å²) in [6.07, 6.45) is 0. The van der Waals surface area contributed by atoms with E-state index in [1.54, 1.807) is 22.7 Å². The van der Waals surface area contributed by atoms with Gasteiger partial charge in [-0.3, -0.25) is 0 Å². The van der Waals surface area contributed by atoms with Gasteiger partial charge >= 0.3 is 0 Å². The maximum absolute atomic E-state index is 5.52. The van der Waals surface area contributed by atoms with Gasteiger partial charge in [-0.2, -0.15) is 0 Å². The van der Waals surface area contributed by atoms with E-state index in [9.17, 15) is 0 Å². The fraction of sp³-hybridized carbons (Fsp3) is 0.364. The highest BCUT2D eigenvalue weighted by atomic mass is 32.1. The Morgan fingerprint density at radius 1 is 1.38 bits per heavy atom. The van der Waals surface area contributed by atoms with Crippen molar-refractivity contribution in [3.05, 3.63) is 38.0 Å². The van der Waals surface area contributed by atoms with Gasteiger partial charge in [-0.15, -0.1) is 22.7 Å². The van der Waals surface area contributed by atoms with Crippen molar-refractivity contribution in [3.63, 3.8) is 0 Å². The van der Waals surface area contributed by atoms with Gasteiger partial charge in [-0.1, -0.05) is 0 Å². The average Bonchev–Trinajstić information content (AvgIpc) is 2.89. The zero-order chi connectivity index (χ0) is 11.4. The fourth-order valence-corrected chi connectivity index (χ4v) is 2.96. The summed E-state index contributed by atoms with van der Waals surface area (Å²) in [5, 5.41) is 8.59. The van der Waals surface area contributed by atoms with Crippen LogP contribution in [0.25, 0.3) is 0 Å². The van der Waals surface area contributed by atoms with Crippen LogP contribution in [0, 0.1) is 6.92 Å². The molecule has 3 nitrogen and oxygen atoms in total. The lowest BCUT2D eigenvalue weighted by Gasteiger charge is -2.01. The number of thiazole rings is 1. The molecule has 86 valence electrons. The van der Waals surface area contributed by atoms with Gasteiger partial charge in [0.2, 0.25) is 0 Å².